The summed E-state index contributed by atoms with van der Waals surface area (Å²) in [6, 6.07) is 17.9. The molecule has 4 nitrogen and oxygen atoms in total. The lowest BCUT2D eigenvalue weighted by Crippen LogP contribution is -2.38. The second-order valence-corrected chi connectivity index (χ2v) is 6.94. The van der Waals surface area contributed by atoms with Gasteiger partial charge in [0.2, 0.25) is 11.8 Å². The van der Waals surface area contributed by atoms with Crippen molar-refractivity contribution < 1.29 is 9.59 Å². The SMILES string of the molecule is Cc1ccc(CC(=O)N2CCCN(C(=O)Cc3ccccc3)CC2)cc1. The first-order valence-corrected chi connectivity index (χ1v) is 9.27. The Morgan fingerprint density at radius 1 is 0.731 bits per heavy atom. The average molecular weight is 350 g/mol. The maximum atomic E-state index is 12.6. The second-order valence-electron chi connectivity index (χ2n) is 6.94. The molecule has 2 amide bonds. The van der Waals surface area contributed by atoms with Gasteiger partial charge in [-0.2, -0.15) is 0 Å². The lowest BCUT2D eigenvalue weighted by molar-refractivity contribution is -0.132. The summed E-state index contributed by atoms with van der Waals surface area (Å²) in [5, 5.41) is 0. The number of hydrogen-bond acceptors (Lipinski definition) is 2. The molecular formula is C22H26N2O2. The highest BCUT2D eigenvalue weighted by Crippen LogP contribution is 2.10. The Morgan fingerprint density at radius 3 is 1.77 bits per heavy atom. The van der Waals surface area contributed by atoms with Crippen LogP contribution < -0.4 is 0 Å². The highest BCUT2D eigenvalue weighted by molar-refractivity contribution is 5.80. The van der Waals surface area contributed by atoms with E-state index in [2.05, 4.69) is 0 Å². The van der Waals surface area contributed by atoms with Crippen molar-refractivity contribution in [2.45, 2.75) is 26.2 Å². The normalized spacial score (nSPS) is 14.8. The van der Waals surface area contributed by atoms with Gasteiger partial charge in [-0.1, -0.05) is 60.2 Å². The third-order valence-electron chi connectivity index (χ3n) is 4.88. The van der Waals surface area contributed by atoms with Gasteiger partial charge in [0, 0.05) is 26.2 Å². The van der Waals surface area contributed by atoms with Gasteiger partial charge >= 0.3 is 0 Å². The molecule has 3 rings (SSSR count). The summed E-state index contributed by atoms with van der Waals surface area (Å²) < 4.78 is 0. The smallest absolute Gasteiger partial charge is 0.227 e. The summed E-state index contributed by atoms with van der Waals surface area (Å²) in [4.78, 5) is 28.9. The fourth-order valence-corrected chi connectivity index (χ4v) is 3.29. The van der Waals surface area contributed by atoms with Gasteiger partial charge in [-0.05, 0) is 24.5 Å². The Balaban J connectivity index is 1.53. The molecule has 0 saturated carbocycles. The number of carbonyl (C=O) groups excluding carboxylic acids is 2. The van der Waals surface area contributed by atoms with Gasteiger partial charge in [-0.3, -0.25) is 9.59 Å². The van der Waals surface area contributed by atoms with Crippen LogP contribution in [0.15, 0.2) is 54.6 Å². The topological polar surface area (TPSA) is 40.6 Å². The molecule has 1 aliphatic heterocycles. The van der Waals surface area contributed by atoms with Crippen LogP contribution in [0.1, 0.15) is 23.1 Å². The fourth-order valence-electron chi connectivity index (χ4n) is 3.29. The van der Waals surface area contributed by atoms with E-state index in [0.717, 1.165) is 30.6 Å². The van der Waals surface area contributed by atoms with Gasteiger partial charge in [-0.15, -0.1) is 0 Å². The monoisotopic (exact) mass is 350 g/mol. The molecule has 0 aliphatic carbocycles. The Hall–Kier alpha value is -2.62. The van der Waals surface area contributed by atoms with Crippen LogP contribution in [-0.2, 0) is 22.4 Å². The first-order chi connectivity index (χ1) is 12.6. The summed E-state index contributed by atoms with van der Waals surface area (Å²) in [6.07, 6.45) is 1.69. The highest BCUT2D eigenvalue weighted by atomic mass is 16.2. The lowest BCUT2D eigenvalue weighted by Gasteiger charge is -2.22. The first-order valence-electron chi connectivity index (χ1n) is 9.27. The molecule has 1 saturated heterocycles. The van der Waals surface area contributed by atoms with Gasteiger partial charge < -0.3 is 9.80 Å². The molecule has 0 aromatic heterocycles. The minimum absolute atomic E-state index is 0.143. The van der Waals surface area contributed by atoms with Crippen LogP contribution >= 0.6 is 0 Å². The second kappa shape index (κ2) is 8.65. The number of carbonyl (C=O) groups is 2. The number of benzene rings is 2. The third kappa shape index (κ3) is 4.94. The molecule has 0 bridgehead atoms. The Morgan fingerprint density at radius 2 is 1.23 bits per heavy atom. The molecule has 0 radical (unpaired) electrons. The number of hydrogen-bond donors (Lipinski definition) is 0. The quantitative estimate of drug-likeness (QED) is 0.851. The predicted molar refractivity (Wildman–Crippen MR) is 103 cm³/mol. The third-order valence-corrected chi connectivity index (χ3v) is 4.88. The van der Waals surface area contributed by atoms with E-state index >= 15 is 0 Å². The summed E-state index contributed by atoms with van der Waals surface area (Å²) in [6.45, 7) is 4.72. The molecule has 26 heavy (non-hydrogen) atoms. The standard InChI is InChI=1S/C22H26N2O2/c1-18-8-10-20(11-9-18)17-22(26)24-13-5-12-23(14-15-24)21(25)16-19-6-3-2-4-7-19/h2-4,6-11H,5,12-17H2,1H3. The zero-order valence-electron chi connectivity index (χ0n) is 15.4. The van der Waals surface area contributed by atoms with E-state index in [1.165, 1.54) is 5.56 Å². The van der Waals surface area contributed by atoms with Crippen molar-refractivity contribution in [1.29, 1.82) is 0 Å². The number of nitrogens with zero attached hydrogens (tertiary/aromatic N) is 2. The van der Waals surface area contributed by atoms with Gasteiger partial charge in [0.1, 0.15) is 0 Å². The van der Waals surface area contributed by atoms with Crippen LogP contribution in [0.2, 0.25) is 0 Å². The molecule has 136 valence electrons. The molecule has 2 aromatic rings. The van der Waals surface area contributed by atoms with Crippen molar-refractivity contribution >= 4 is 11.8 Å². The van der Waals surface area contributed by atoms with Crippen LogP contribution in [0.5, 0.6) is 0 Å². The summed E-state index contributed by atoms with van der Waals surface area (Å²) in [5.74, 6) is 0.287. The van der Waals surface area contributed by atoms with Crippen LogP contribution in [0.3, 0.4) is 0 Å². The molecule has 0 N–H and O–H groups in total. The Bertz CT molecular complexity index is 740. The predicted octanol–water partition coefficient (Wildman–Crippen LogP) is 2.84. The molecule has 2 aromatic carbocycles. The summed E-state index contributed by atoms with van der Waals surface area (Å²) in [7, 11) is 0. The first kappa shape index (κ1) is 18.2. The number of amides is 2. The van der Waals surface area contributed by atoms with Crippen LogP contribution in [0, 0.1) is 6.92 Å². The van der Waals surface area contributed by atoms with E-state index in [0.29, 0.717) is 25.9 Å². The minimum atomic E-state index is 0.143. The van der Waals surface area contributed by atoms with Crippen molar-refractivity contribution in [3.05, 3.63) is 71.3 Å². The van der Waals surface area contributed by atoms with E-state index in [-0.39, 0.29) is 11.8 Å². The molecule has 4 heteroatoms. The average Bonchev–Trinajstić information content (AvgIpc) is 2.91. The van der Waals surface area contributed by atoms with Crippen LogP contribution in [0.4, 0.5) is 0 Å². The van der Waals surface area contributed by atoms with Crippen molar-refractivity contribution in [3.63, 3.8) is 0 Å². The van der Waals surface area contributed by atoms with E-state index < -0.39 is 0 Å². The van der Waals surface area contributed by atoms with E-state index in [1.54, 1.807) is 0 Å². The van der Waals surface area contributed by atoms with Crippen molar-refractivity contribution in [2.75, 3.05) is 26.2 Å². The zero-order chi connectivity index (χ0) is 18.4. The molecule has 0 unspecified atom stereocenters. The van der Waals surface area contributed by atoms with Crippen molar-refractivity contribution in [2.24, 2.45) is 0 Å². The molecule has 1 aliphatic rings. The van der Waals surface area contributed by atoms with Crippen LogP contribution in [-0.4, -0.2) is 47.8 Å². The van der Waals surface area contributed by atoms with Gasteiger partial charge in [0.15, 0.2) is 0 Å². The Kier molecular flexibility index (Phi) is 6.05. The van der Waals surface area contributed by atoms with Crippen LogP contribution in [0.25, 0.3) is 0 Å². The molecule has 0 spiro atoms. The molecule has 0 atom stereocenters. The highest BCUT2D eigenvalue weighted by Gasteiger charge is 2.22. The van der Waals surface area contributed by atoms with Gasteiger partial charge in [0.25, 0.3) is 0 Å². The number of rotatable bonds is 4. The molecule has 1 fully saturated rings. The molecular weight excluding hydrogens is 324 g/mol. The summed E-state index contributed by atoms with van der Waals surface area (Å²) >= 11 is 0. The van der Waals surface area contributed by atoms with Crippen molar-refractivity contribution in [1.82, 2.24) is 9.80 Å². The fraction of sp³-hybridized carbons (Fsp3) is 0.364. The van der Waals surface area contributed by atoms with Gasteiger partial charge in [-0.25, -0.2) is 0 Å². The number of aryl methyl sites for hydroxylation is 1. The van der Waals surface area contributed by atoms with E-state index in [1.807, 2.05) is 71.3 Å². The van der Waals surface area contributed by atoms with Gasteiger partial charge in [0.05, 0.1) is 12.8 Å². The summed E-state index contributed by atoms with van der Waals surface area (Å²) in [5.41, 5.74) is 3.28. The van der Waals surface area contributed by atoms with E-state index in [4.69, 9.17) is 0 Å². The Labute approximate surface area is 155 Å². The minimum Gasteiger partial charge on any atom is -0.341 e. The zero-order valence-corrected chi connectivity index (χ0v) is 15.4. The lowest BCUT2D eigenvalue weighted by atomic mass is 10.1. The maximum Gasteiger partial charge on any atom is 0.227 e. The van der Waals surface area contributed by atoms with E-state index in [9.17, 15) is 9.59 Å². The molecule has 1 heterocycles. The largest absolute Gasteiger partial charge is 0.341 e. The maximum absolute atomic E-state index is 12.6. The van der Waals surface area contributed by atoms with Crippen molar-refractivity contribution in [3.8, 4) is 0 Å².